The number of benzene rings is 1. The van der Waals surface area contributed by atoms with Gasteiger partial charge in [0, 0.05) is 30.3 Å². The molecule has 1 fully saturated rings. The summed E-state index contributed by atoms with van der Waals surface area (Å²) in [7, 11) is -3.92. The second-order valence-electron chi connectivity index (χ2n) is 8.71. The number of fused-ring (bicyclic) bond motifs is 1. The highest BCUT2D eigenvalue weighted by Crippen LogP contribution is 2.45. The first-order valence-electron chi connectivity index (χ1n) is 11.0. The molecule has 0 amide bonds. The lowest BCUT2D eigenvalue weighted by atomic mass is 9.86. The minimum Gasteiger partial charge on any atom is -0.493 e. The van der Waals surface area contributed by atoms with Crippen molar-refractivity contribution in [3.8, 4) is 5.75 Å². The van der Waals surface area contributed by atoms with Crippen LogP contribution >= 0.6 is 11.5 Å². The number of rotatable bonds is 5. The number of likely N-dealkylation sites (tertiary alicyclic amines) is 1. The zero-order valence-corrected chi connectivity index (χ0v) is 19.9. The molecule has 5 rings (SSSR count). The van der Waals surface area contributed by atoms with Gasteiger partial charge in [0.05, 0.1) is 18.3 Å². The maximum atomic E-state index is 15.2. The molecule has 0 saturated carbocycles. The average molecular weight is 489 g/mol. The number of sulfone groups is 1. The first-order valence-corrected chi connectivity index (χ1v) is 13.5. The zero-order valence-electron chi connectivity index (χ0n) is 18.2. The summed E-state index contributed by atoms with van der Waals surface area (Å²) in [6.45, 7) is 3.56. The van der Waals surface area contributed by atoms with Gasteiger partial charge in [-0.2, -0.15) is 4.37 Å². The fourth-order valence-corrected chi connectivity index (χ4v) is 7.03. The Kier molecular flexibility index (Phi) is 6.15. The van der Waals surface area contributed by atoms with E-state index in [9.17, 15) is 8.42 Å². The van der Waals surface area contributed by atoms with Crippen molar-refractivity contribution in [1.29, 1.82) is 0 Å². The molecule has 2 aliphatic heterocycles. The normalized spacial score (nSPS) is 23.6. The van der Waals surface area contributed by atoms with Crippen LogP contribution in [0.2, 0.25) is 0 Å². The molecule has 174 valence electrons. The maximum absolute atomic E-state index is 15.2. The Balaban J connectivity index is 1.50. The molecule has 10 heteroatoms. The number of pyridine rings is 1. The van der Waals surface area contributed by atoms with Gasteiger partial charge in [-0.05, 0) is 55.0 Å². The summed E-state index contributed by atoms with van der Waals surface area (Å²) in [5.74, 6) is -0.143. The molecule has 7 nitrogen and oxygen atoms in total. The lowest BCUT2D eigenvalue weighted by Crippen LogP contribution is -2.41. The molecular weight excluding hydrogens is 463 g/mol. The van der Waals surface area contributed by atoms with E-state index in [1.165, 1.54) is 18.5 Å². The first-order chi connectivity index (χ1) is 15.9. The molecule has 0 unspecified atom stereocenters. The standard InChI is InChI=1S/C23H25FN4O3S2/c1-15-5-8-28(20(10-15)18-4-2-3-7-25-18)19-6-9-31-21-12-22(17(24)11-16(19)21)33(29,30)13-23-26-14-27-32-23/h2-4,7,11-12,14-15,19-20H,5-6,8-10,13H2,1H3/t15-,19+,20+/m1/s1. The van der Waals surface area contributed by atoms with Gasteiger partial charge < -0.3 is 4.74 Å². The maximum Gasteiger partial charge on any atom is 0.187 e. The summed E-state index contributed by atoms with van der Waals surface area (Å²) < 4.78 is 50.7. The second-order valence-corrected chi connectivity index (χ2v) is 11.5. The number of nitrogens with zero attached hydrogens (tertiary/aromatic N) is 4. The Hall–Kier alpha value is -2.43. The van der Waals surface area contributed by atoms with Crippen LogP contribution in [0.25, 0.3) is 0 Å². The molecule has 33 heavy (non-hydrogen) atoms. The highest BCUT2D eigenvalue weighted by Gasteiger charge is 2.37. The molecule has 0 bridgehead atoms. The lowest BCUT2D eigenvalue weighted by molar-refractivity contribution is 0.0465. The average Bonchev–Trinajstić information content (AvgIpc) is 3.31. The molecule has 1 aromatic carbocycles. The highest BCUT2D eigenvalue weighted by atomic mass is 32.2. The third-order valence-corrected chi connectivity index (χ3v) is 8.94. The van der Waals surface area contributed by atoms with Gasteiger partial charge in [-0.3, -0.25) is 9.88 Å². The first kappa shape index (κ1) is 22.4. The van der Waals surface area contributed by atoms with Crippen LogP contribution in [-0.4, -0.2) is 40.8 Å². The van der Waals surface area contributed by atoms with Gasteiger partial charge >= 0.3 is 0 Å². The smallest absolute Gasteiger partial charge is 0.187 e. The Morgan fingerprint density at radius 2 is 2.09 bits per heavy atom. The Bertz CT molecular complexity index is 1220. The van der Waals surface area contributed by atoms with Crippen molar-refractivity contribution in [2.75, 3.05) is 13.2 Å². The summed E-state index contributed by atoms with van der Waals surface area (Å²) in [5, 5.41) is 0.326. The fourth-order valence-electron chi connectivity index (χ4n) is 4.85. The van der Waals surface area contributed by atoms with E-state index >= 15 is 4.39 Å². The molecule has 0 spiro atoms. The molecule has 3 atom stereocenters. The summed E-state index contributed by atoms with van der Waals surface area (Å²) >= 11 is 0.990. The summed E-state index contributed by atoms with van der Waals surface area (Å²) in [6.07, 6.45) is 5.83. The Morgan fingerprint density at radius 3 is 2.85 bits per heavy atom. The van der Waals surface area contributed by atoms with Gasteiger partial charge in [-0.1, -0.05) is 13.0 Å². The number of hydrogen-bond acceptors (Lipinski definition) is 8. The van der Waals surface area contributed by atoms with E-state index in [0.29, 0.717) is 35.3 Å². The molecular formula is C23H25FN4O3S2. The van der Waals surface area contributed by atoms with Crippen LogP contribution in [0.3, 0.4) is 0 Å². The van der Waals surface area contributed by atoms with E-state index < -0.39 is 15.7 Å². The number of aromatic nitrogens is 3. The van der Waals surface area contributed by atoms with Crippen molar-refractivity contribution in [2.45, 2.75) is 48.9 Å². The molecule has 0 N–H and O–H groups in total. The van der Waals surface area contributed by atoms with Crippen LogP contribution in [0, 0.1) is 11.7 Å². The van der Waals surface area contributed by atoms with Gasteiger partial charge in [-0.15, -0.1) is 0 Å². The predicted molar refractivity (Wildman–Crippen MR) is 122 cm³/mol. The zero-order chi connectivity index (χ0) is 23.0. The van der Waals surface area contributed by atoms with Crippen molar-refractivity contribution in [2.24, 2.45) is 5.92 Å². The Morgan fingerprint density at radius 1 is 1.21 bits per heavy atom. The SMILES string of the molecule is C[C@@H]1CCN([C@H]2CCOc3cc(S(=O)(=O)Cc4ncns4)c(F)cc32)[C@H](c2ccccn2)C1. The fraction of sp³-hybridized carbons (Fsp3) is 0.435. The topological polar surface area (TPSA) is 85.3 Å². The van der Waals surface area contributed by atoms with Crippen molar-refractivity contribution in [3.05, 3.63) is 64.9 Å². The van der Waals surface area contributed by atoms with Gasteiger partial charge in [0.2, 0.25) is 0 Å². The van der Waals surface area contributed by atoms with E-state index in [-0.39, 0.29) is 22.7 Å². The largest absolute Gasteiger partial charge is 0.493 e. The van der Waals surface area contributed by atoms with Crippen LogP contribution in [0.4, 0.5) is 4.39 Å². The van der Waals surface area contributed by atoms with Crippen molar-refractivity contribution in [1.82, 2.24) is 19.2 Å². The third-order valence-electron chi connectivity index (χ3n) is 6.46. The quantitative estimate of drug-likeness (QED) is 0.528. The minimum absolute atomic E-state index is 0.0670. The van der Waals surface area contributed by atoms with Crippen molar-refractivity contribution in [3.63, 3.8) is 0 Å². The molecule has 2 aromatic heterocycles. The van der Waals surface area contributed by atoms with Gasteiger partial charge in [0.25, 0.3) is 0 Å². The van der Waals surface area contributed by atoms with Crippen LogP contribution in [0.15, 0.2) is 47.8 Å². The van der Waals surface area contributed by atoms with E-state index in [1.807, 2.05) is 18.2 Å². The lowest BCUT2D eigenvalue weighted by Gasteiger charge is -2.44. The number of ether oxygens (including phenoxy) is 1. The number of hydrogen-bond donors (Lipinski definition) is 0. The van der Waals surface area contributed by atoms with E-state index in [2.05, 4.69) is 26.2 Å². The van der Waals surface area contributed by atoms with E-state index in [1.54, 1.807) is 6.20 Å². The number of piperidine rings is 1. The molecule has 0 aliphatic carbocycles. The molecule has 2 aliphatic rings. The molecule has 4 heterocycles. The third kappa shape index (κ3) is 4.51. The monoisotopic (exact) mass is 488 g/mol. The van der Waals surface area contributed by atoms with E-state index in [4.69, 9.17) is 4.74 Å². The summed E-state index contributed by atoms with van der Waals surface area (Å²) in [5.41, 5.74) is 1.71. The van der Waals surface area contributed by atoms with Crippen LogP contribution in [0.5, 0.6) is 5.75 Å². The summed E-state index contributed by atoms with van der Waals surface area (Å²) in [6, 6.07) is 8.68. The van der Waals surface area contributed by atoms with Crippen LogP contribution in [0.1, 0.15) is 54.5 Å². The highest BCUT2D eigenvalue weighted by molar-refractivity contribution is 7.90. The van der Waals surface area contributed by atoms with Gasteiger partial charge in [0.15, 0.2) is 9.84 Å². The molecule has 1 saturated heterocycles. The van der Waals surface area contributed by atoms with E-state index in [0.717, 1.165) is 36.6 Å². The van der Waals surface area contributed by atoms with Gasteiger partial charge in [-0.25, -0.2) is 17.8 Å². The van der Waals surface area contributed by atoms with Crippen LogP contribution in [-0.2, 0) is 15.6 Å². The molecule has 3 aromatic rings. The Labute approximate surface area is 196 Å². The minimum atomic E-state index is -3.92. The van der Waals surface area contributed by atoms with Crippen molar-refractivity contribution < 1.29 is 17.5 Å². The second kappa shape index (κ2) is 9.08. The number of halogens is 1. The predicted octanol–water partition coefficient (Wildman–Crippen LogP) is 4.34. The van der Waals surface area contributed by atoms with Crippen LogP contribution < -0.4 is 4.74 Å². The summed E-state index contributed by atoms with van der Waals surface area (Å²) in [4.78, 5) is 10.6. The van der Waals surface area contributed by atoms with Gasteiger partial charge in [0.1, 0.15) is 33.6 Å². The molecule has 0 radical (unpaired) electrons. The van der Waals surface area contributed by atoms with Crippen molar-refractivity contribution >= 4 is 21.4 Å².